The quantitative estimate of drug-likeness (QED) is 0.259. The largest absolute Gasteiger partial charge is 0.508 e. The Bertz CT molecular complexity index is 1180. The van der Waals surface area contributed by atoms with Crippen LogP contribution in [0.4, 0.5) is 23.4 Å². The van der Waals surface area contributed by atoms with Crippen LogP contribution in [0.15, 0.2) is 35.5 Å². The van der Waals surface area contributed by atoms with Crippen LogP contribution in [-0.2, 0) is 13.2 Å². The SMILES string of the molecule is CC(C)CN/C(=N/C(=O)c1cn(C)nc1C(F)(F)F)Nc1cc(-c2ccc(O)cc2F)n[nH]1. The summed E-state index contributed by atoms with van der Waals surface area (Å²) in [5.41, 5.74) is -1.75. The Hall–Kier alpha value is -3.90. The van der Waals surface area contributed by atoms with Crippen molar-refractivity contribution in [1.29, 1.82) is 0 Å². The number of nitrogens with one attached hydrogen (secondary N) is 3. The number of aryl methyl sites for hydroxylation is 1. The fraction of sp³-hybridized carbons (Fsp3) is 0.300. The Balaban J connectivity index is 1.89. The number of hydrogen-bond donors (Lipinski definition) is 4. The van der Waals surface area contributed by atoms with Crippen LogP contribution in [0.25, 0.3) is 11.3 Å². The minimum atomic E-state index is -4.83. The van der Waals surface area contributed by atoms with E-state index in [9.17, 15) is 27.5 Å². The first-order chi connectivity index (χ1) is 15.4. The highest BCUT2D eigenvalue weighted by Crippen LogP contribution is 2.31. The third-order valence-electron chi connectivity index (χ3n) is 4.28. The second kappa shape index (κ2) is 9.30. The molecule has 0 spiro atoms. The van der Waals surface area contributed by atoms with Crippen LogP contribution in [0.5, 0.6) is 5.75 Å². The topological polar surface area (TPSA) is 120 Å². The number of rotatable bonds is 5. The van der Waals surface area contributed by atoms with E-state index in [0.29, 0.717) is 6.54 Å². The monoisotopic (exact) mass is 467 g/mol. The van der Waals surface area contributed by atoms with Crippen LogP contribution in [-0.4, -0.2) is 43.5 Å². The zero-order chi connectivity index (χ0) is 24.3. The minimum Gasteiger partial charge on any atom is -0.508 e. The number of nitrogens with zero attached hydrogens (tertiary/aromatic N) is 4. The lowest BCUT2D eigenvalue weighted by molar-refractivity contribution is -0.141. The summed E-state index contributed by atoms with van der Waals surface area (Å²) in [5.74, 6) is -1.91. The predicted molar refractivity (Wildman–Crippen MR) is 112 cm³/mol. The fourth-order valence-corrected chi connectivity index (χ4v) is 2.79. The van der Waals surface area contributed by atoms with E-state index in [0.717, 1.165) is 16.9 Å². The molecule has 0 aliphatic heterocycles. The van der Waals surface area contributed by atoms with Gasteiger partial charge in [-0.05, 0) is 18.1 Å². The van der Waals surface area contributed by atoms with Gasteiger partial charge in [-0.25, -0.2) is 4.39 Å². The van der Waals surface area contributed by atoms with Gasteiger partial charge in [-0.2, -0.15) is 28.4 Å². The highest BCUT2D eigenvalue weighted by Gasteiger charge is 2.39. The number of benzene rings is 1. The second-order valence-corrected chi connectivity index (χ2v) is 7.56. The van der Waals surface area contributed by atoms with E-state index in [1.807, 2.05) is 13.8 Å². The van der Waals surface area contributed by atoms with Crippen LogP contribution >= 0.6 is 0 Å². The molecule has 0 aliphatic carbocycles. The van der Waals surface area contributed by atoms with E-state index >= 15 is 0 Å². The number of halogens is 4. The Morgan fingerprint density at radius 3 is 2.67 bits per heavy atom. The first-order valence-electron chi connectivity index (χ1n) is 9.73. The molecule has 3 aromatic rings. The van der Waals surface area contributed by atoms with Crippen molar-refractivity contribution in [3.63, 3.8) is 0 Å². The zero-order valence-corrected chi connectivity index (χ0v) is 17.8. The molecule has 0 radical (unpaired) electrons. The summed E-state index contributed by atoms with van der Waals surface area (Å²) < 4.78 is 54.6. The van der Waals surface area contributed by atoms with Gasteiger partial charge in [0.05, 0.1) is 11.3 Å². The molecule has 0 bridgehead atoms. The minimum absolute atomic E-state index is 0.104. The summed E-state index contributed by atoms with van der Waals surface area (Å²) in [6.07, 6.45) is -3.89. The Kier molecular flexibility index (Phi) is 6.70. The van der Waals surface area contributed by atoms with Crippen LogP contribution in [0, 0.1) is 11.7 Å². The summed E-state index contributed by atoms with van der Waals surface area (Å²) in [5, 5.41) is 24.8. The Morgan fingerprint density at radius 2 is 2.03 bits per heavy atom. The molecule has 0 saturated heterocycles. The van der Waals surface area contributed by atoms with Gasteiger partial charge in [0, 0.05) is 37.5 Å². The van der Waals surface area contributed by atoms with Crippen molar-refractivity contribution in [2.45, 2.75) is 20.0 Å². The number of aromatic amines is 1. The van der Waals surface area contributed by atoms with E-state index in [1.54, 1.807) is 0 Å². The molecule has 0 unspecified atom stereocenters. The van der Waals surface area contributed by atoms with Crippen LogP contribution < -0.4 is 10.6 Å². The highest BCUT2D eigenvalue weighted by atomic mass is 19.4. The number of aromatic nitrogens is 4. The van der Waals surface area contributed by atoms with Crippen molar-refractivity contribution in [3.05, 3.63) is 47.5 Å². The lowest BCUT2D eigenvalue weighted by Crippen LogP contribution is -2.34. The summed E-state index contributed by atoms with van der Waals surface area (Å²) >= 11 is 0. The normalized spacial score (nSPS) is 12.3. The molecule has 3 rings (SSSR count). The number of guanidine groups is 1. The van der Waals surface area contributed by atoms with Gasteiger partial charge < -0.3 is 15.7 Å². The maximum absolute atomic E-state index is 14.1. The van der Waals surface area contributed by atoms with Gasteiger partial charge in [-0.3, -0.25) is 14.6 Å². The van der Waals surface area contributed by atoms with Gasteiger partial charge in [-0.1, -0.05) is 13.8 Å². The molecule has 4 N–H and O–H groups in total. The lowest BCUT2D eigenvalue weighted by atomic mass is 10.1. The first-order valence-corrected chi connectivity index (χ1v) is 9.73. The van der Waals surface area contributed by atoms with Gasteiger partial charge in [-0.15, -0.1) is 0 Å². The maximum Gasteiger partial charge on any atom is 0.435 e. The number of aromatic hydroxyl groups is 1. The number of carbonyl (C=O) groups excluding carboxylic acids is 1. The van der Waals surface area contributed by atoms with Gasteiger partial charge in [0.25, 0.3) is 5.91 Å². The number of aliphatic imine (C=N–C) groups is 1. The molecule has 2 aromatic heterocycles. The summed E-state index contributed by atoms with van der Waals surface area (Å²) in [6, 6.07) is 4.97. The second-order valence-electron chi connectivity index (χ2n) is 7.56. The lowest BCUT2D eigenvalue weighted by Gasteiger charge is -2.12. The van der Waals surface area contributed by atoms with Gasteiger partial charge in [0.1, 0.15) is 17.4 Å². The number of phenolic OH excluding ortho intramolecular Hbond substituents is 1. The van der Waals surface area contributed by atoms with Crippen molar-refractivity contribution in [3.8, 4) is 17.0 Å². The highest BCUT2D eigenvalue weighted by molar-refractivity contribution is 6.07. The molecule has 0 aliphatic rings. The van der Waals surface area contributed by atoms with E-state index in [1.165, 1.54) is 25.2 Å². The zero-order valence-electron chi connectivity index (χ0n) is 17.8. The van der Waals surface area contributed by atoms with E-state index < -0.39 is 29.2 Å². The van der Waals surface area contributed by atoms with Gasteiger partial charge in [0.2, 0.25) is 5.96 Å². The number of amides is 1. The predicted octanol–water partition coefficient (Wildman–Crippen LogP) is 3.53. The molecule has 2 heterocycles. The molecule has 0 fully saturated rings. The van der Waals surface area contributed by atoms with Crippen molar-refractivity contribution in [2.75, 3.05) is 11.9 Å². The van der Waals surface area contributed by atoms with Crippen LogP contribution in [0.3, 0.4) is 0 Å². The molecular weight excluding hydrogens is 446 g/mol. The van der Waals surface area contributed by atoms with Crippen LogP contribution in [0.2, 0.25) is 0 Å². The Morgan fingerprint density at radius 1 is 1.30 bits per heavy atom. The molecule has 13 heteroatoms. The molecule has 1 amide bonds. The average Bonchev–Trinajstić information content (AvgIpc) is 3.32. The molecule has 33 heavy (non-hydrogen) atoms. The number of carbonyl (C=O) groups is 1. The van der Waals surface area contributed by atoms with Crippen molar-refractivity contribution < 1.29 is 27.5 Å². The molecule has 0 atom stereocenters. The fourth-order valence-electron chi connectivity index (χ4n) is 2.79. The van der Waals surface area contributed by atoms with E-state index in [2.05, 4.69) is 30.9 Å². The summed E-state index contributed by atoms with van der Waals surface area (Å²) in [4.78, 5) is 16.3. The van der Waals surface area contributed by atoms with Crippen molar-refractivity contribution in [1.82, 2.24) is 25.3 Å². The molecule has 9 nitrogen and oxygen atoms in total. The smallest absolute Gasteiger partial charge is 0.435 e. The average molecular weight is 467 g/mol. The van der Waals surface area contributed by atoms with Crippen molar-refractivity contribution >= 4 is 17.7 Å². The number of hydrogen-bond acceptors (Lipinski definition) is 4. The van der Waals surface area contributed by atoms with E-state index in [-0.39, 0.29) is 34.7 Å². The number of anilines is 1. The molecule has 1 aromatic carbocycles. The summed E-state index contributed by atoms with van der Waals surface area (Å²) in [6.45, 7) is 4.13. The Labute approximate surface area is 185 Å². The van der Waals surface area contributed by atoms with Gasteiger partial charge in [0.15, 0.2) is 5.69 Å². The summed E-state index contributed by atoms with van der Waals surface area (Å²) in [7, 11) is 1.26. The number of H-pyrrole nitrogens is 1. The molecule has 176 valence electrons. The third-order valence-corrected chi connectivity index (χ3v) is 4.28. The third kappa shape index (κ3) is 5.87. The molecular formula is C20H21F4N7O2. The van der Waals surface area contributed by atoms with Crippen LogP contribution in [0.1, 0.15) is 29.9 Å². The van der Waals surface area contributed by atoms with Gasteiger partial charge >= 0.3 is 6.18 Å². The molecule has 0 saturated carbocycles. The standard InChI is InChI=1S/C20H21F4N7O2/c1-10(2)8-25-19(27-18(33)13-9-31(3)30-17(13)20(22,23)24)26-16-7-15(28-29-16)12-5-4-11(32)6-14(12)21/h4-7,9-10,32H,8H2,1-3H3,(H3,25,26,27,28,29,33). The number of phenols is 1. The number of alkyl halides is 3. The first kappa shape index (κ1) is 23.8. The van der Waals surface area contributed by atoms with E-state index in [4.69, 9.17) is 0 Å². The van der Waals surface area contributed by atoms with Crippen molar-refractivity contribution in [2.24, 2.45) is 18.0 Å². The maximum atomic E-state index is 14.1.